The molecular formula is C20H16NOS+. The normalized spacial score (nSPS) is 12.5. The van der Waals surface area contributed by atoms with E-state index in [2.05, 4.69) is 67.2 Å². The van der Waals surface area contributed by atoms with E-state index in [1.165, 1.54) is 43.4 Å². The minimum atomic E-state index is 0.955. The lowest BCUT2D eigenvalue weighted by Crippen LogP contribution is -2.33. The van der Waals surface area contributed by atoms with Gasteiger partial charge in [-0.3, -0.25) is 0 Å². The van der Waals surface area contributed by atoms with Gasteiger partial charge in [0.05, 0.1) is 5.56 Å². The average molecular weight is 318 g/mol. The summed E-state index contributed by atoms with van der Waals surface area (Å²) in [7, 11) is 2.14. The predicted molar refractivity (Wildman–Crippen MR) is 95.5 cm³/mol. The zero-order chi connectivity index (χ0) is 15.7. The monoisotopic (exact) mass is 318 g/mol. The molecule has 0 fully saturated rings. The molecule has 0 atom stereocenters. The number of benzene rings is 2. The topological polar surface area (TPSA) is 13.1 Å². The zero-order valence-electron chi connectivity index (χ0n) is 13.3. The number of fused-ring (bicyclic) bond motifs is 3. The van der Waals surface area contributed by atoms with E-state index in [0.29, 0.717) is 0 Å². The minimum absolute atomic E-state index is 0.955. The van der Waals surface area contributed by atoms with E-state index in [-0.39, 0.29) is 0 Å². The lowest BCUT2D eigenvalue weighted by atomic mass is 9.91. The van der Waals surface area contributed by atoms with Crippen LogP contribution in [0, 0.1) is 13.8 Å². The molecular weight excluding hydrogens is 302 g/mol. The molecule has 0 aliphatic carbocycles. The molecule has 23 heavy (non-hydrogen) atoms. The number of thiophene rings is 1. The number of pyridine rings is 1. The summed E-state index contributed by atoms with van der Waals surface area (Å²) in [5.74, 6) is 1.92. The third-order valence-corrected chi connectivity index (χ3v) is 5.82. The van der Waals surface area contributed by atoms with Crippen molar-refractivity contribution in [3.63, 3.8) is 0 Å². The molecule has 2 nitrogen and oxygen atoms in total. The third kappa shape index (κ3) is 1.60. The molecule has 0 amide bonds. The van der Waals surface area contributed by atoms with Crippen LogP contribution in [-0.4, -0.2) is 0 Å². The largest absolute Gasteiger partial charge is 0.450 e. The molecule has 2 aromatic heterocycles. The van der Waals surface area contributed by atoms with E-state index < -0.39 is 0 Å². The average Bonchev–Trinajstić information content (AvgIpc) is 3.00. The molecule has 0 spiro atoms. The summed E-state index contributed by atoms with van der Waals surface area (Å²) in [4.78, 5) is 0. The summed E-state index contributed by atoms with van der Waals surface area (Å²) in [6, 6.07) is 12.9. The van der Waals surface area contributed by atoms with E-state index in [4.69, 9.17) is 4.74 Å². The van der Waals surface area contributed by atoms with E-state index in [1.54, 1.807) is 11.3 Å². The highest BCUT2D eigenvalue weighted by Crippen LogP contribution is 2.48. The van der Waals surface area contributed by atoms with Crippen LogP contribution in [0.25, 0.3) is 32.2 Å². The smallest absolute Gasteiger partial charge is 0.256 e. The first-order valence-electron chi connectivity index (χ1n) is 7.76. The molecule has 1 aliphatic heterocycles. The van der Waals surface area contributed by atoms with E-state index in [9.17, 15) is 0 Å². The first-order valence-corrected chi connectivity index (χ1v) is 8.64. The van der Waals surface area contributed by atoms with E-state index >= 15 is 0 Å². The summed E-state index contributed by atoms with van der Waals surface area (Å²) in [5.41, 5.74) is 6.40. The van der Waals surface area contributed by atoms with Crippen LogP contribution in [0.15, 0.2) is 41.8 Å². The summed E-state index contributed by atoms with van der Waals surface area (Å²) < 4.78 is 9.82. The van der Waals surface area contributed by atoms with Gasteiger partial charge in [0.15, 0.2) is 0 Å². The van der Waals surface area contributed by atoms with Crippen LogP contribution in [0.1, 0.15) is 11.1 Å². The second-order valence-electron chi connectivity index (χ2n) is 6.24. The Morgan fingerprint density at radius 2 is 1.91 bits per heavy atom. The Kier molecular flexibility index (Phi) is 2.46. The highest BCUT2D eigenvalue weighted by atomic mass is 32.1. The van der Waals surface area contributed by atoms with Gasteiger partial charge in [-0.15, -0.1) is 11.3 Å². The van der Waals surface area contributed by atoms with E-state index in [0.717, 1.165) is 11.5 Å². The molecule has 0 bridgehead atoms. The van der Waals surface area contributed by atoms with Gasteiger partial charge in [-0.2, -0.15) is 4.57 Å². The van der Waals surface area contributed by atoms with Gasteiger partial charge in [-0.1, -0.05) is 18.2 Å². The van der Waals surface area contributed by atoms with Crippen LogP contribution in [0.3, 0.4) is 0 Å². The van der Waals surface area contributed by atoms with Crippen LogP contribution < -0.4 is 9.30 Å². The van der Waals surface area contributed by atoms with Crippen molar-refractivity contribution in [2.45, 2.75) is 13.8 Å². The van der Waals surface area contributed by atoms with Gasteiger partial charge in [-0.25, -0.2) is 0 Å². The molecule has 0 N–H and O–H groups in total. The Morgan fingerprint density at radius 1 is 1.04 bits per heavy atom. The van der Waals surface area contributed by atoms with Crippen molar-refractivity contribution in [1.29, 1.82) is 0 Å². The second kappa shape index (κ2) is 4.33. The SMILES string of the molecule is Cc1cc2cccc3c2c(c1C)-c1c(cc2sccc2[n+]1C)O3. The number of rotatable bonds is 0. The van der Waals surface area contributed by atoms with Crippen LogP contribution in [0.2, 0.25) is 0 Å². The molecule has 112 valence electrons. The van der Waals surface area contributed by atoms with Crippen LogP contribution in [0.4, 0.5) is 0 Å². The maximum absolute atomic E-state index is 6.29. The predicted octanol–water partition coefficient (Wildman–Crippen LogP) is 5.27. The van der Waals surface area contributed by atoms with Gasteiger partial charge < -0.3 is 4.74 Å². The van der Waals surface area contributed by atoms with Crippen molar-refractivity contribution in [3.05, 3.63) is 52.9 Å². The number of hydrogen-bond donors (Lipinski definition) is 0. The van der Waals surface area contributed by atoms with Crippen molar-refractivity contribution in [2.75, 3.05) is 0 Å². The van der Waals surface area contributed by atoms with E-state index in [1.807, 2.05) is 0 Å². The molecule has 3 heteroatoms. The molecule has 2 aromatic carbocycles. The second-order valence-corrected chi connectivity index (χ2v) is 7.18. The third-order valence-electron chi connectivity index (χ3n) is 4.97. The van der Waals surface area contributed by atoms with Crippen molar-refractivity contribution in [1.82, 2.24) is 0 Å². The van der Waals surface area contributed by atoms with Crippen molar-refractivity contribution < 1.29 is 9.30 Å². The van der Waals surface area contributed by atoms with Crippen LogP contribution in [0.5, 0.6) is 11.5 Å². The molecule has 3 heterocycles. The van der Waals surface area contributed by atoms with Crippen molar-refractivity contribution in [2.24, 2.45) is 7.05 Å². The molecule has 1 aliphatic rings. The fraction of sp³-hybridized carbons (Fsp3) is 0.150. The Hall–Kier alpha value is -2.39. The number of ether oxygens (including phenoxy) is 1. The van der Waals surface area contributed by atoms with Crippen molar-refractivity contribution >= 4 is 32.3 Å². The summed E-state index contributed by atoms with van der Waals surface area (Å²) in [6.45, 7) is 4.41. The summed E-state index contributed by atoms with van der Waals surface area (Å²) >= 11 is 1.75. The van der Waals surface area contributed by atoms with Gasteiger partial charge >= 0.3 is 0 Å². The highest BCUT2D eigenvalue weighted by molar-refractivity contribution is 7.17. The van der Waals surface area contributed by atoms with Gasteiger partial charge in [0.25, 0.3) is 5.69 Å². The number of aryl methyl sites for hydroxylation is 2. The lowest BCUT2D eigenvalue weighted by molar-refractivity contribution is -0.633. The standard InChI is InChI=1S/C20H16NOS/c1-11-9-13-5-4-6-15-19(13)18(12(11)2)20-16(22-15)10-17-14(21(20)3)7-8-23-17/h4-10H,1-3H3/q+1. The number of hydrogen-bond acceptors (Lipinski definition) is 2. The number of aromatic nitrogens is 1. The first kappa shape index (κ1) is 13.1. The molecule has 0 saturated heterocycles. The Bertz CT molecular complexity index is 1120. The van der Waals surface area contributed by atoms with Crippen LogP contribution in [-0.2, 0) is 7.05 Å². The quantitative estimate of drug-likeness (QED) is 0.355. The summed E-state index contributed by atoms with van der Waals surface area (Å²) in [5, 5.41) is 4.62. The van der Waals surface area contributed by atoms with Crippen molar-refractivity contribution in [3.8, 4) is 22.8 Å². The molecule has 5 rings (SSSR count). The van der Waals surface area contributed by atoms with Gasteiger partial charge in [0.1, 0.15) is 17.5 Å². The fourth-order valence-corrected chi connectivity index (χ4v) is 4.55. The molecule has 4 aromatic rings. The fourth-order valence-electron chi connectivity index (χ4n) is 3.70. The van der Waals surface area contributed by atoms with Crippen LogP contribution >= 0.6 is 11.3 Å². The Morgan fingerprint density at radius 3 is 2.78 bits per heavy atom. The van der Waals surface area contributed by atoms with Gasteiger partial charge in [0, 0.05) is 17.5 Å². The first-order chi connectivity index (χ1) is 11.1. The Balaban J connectivity index is 2.05. The highest BCUT2D eigenvalue weighted by Gasteiger charge is 2.31. The maximum Gasteiger partial charge on any atom is 0.256 e. The van der Waals surface area contributed by atoms with Gasteiger partial charge in [0.2, 0.25) is 11.3 Å². The molecule has 0 radical (unpaired) electrons. The molecule has 0 unspecified atom stereocenters. The molecule has 0 saturated carbocycles. The lowest BCUT2D eigenvalue weighted by Gasteiger charge is -2.21. The maximum atomic E-state index is 6.29. The summed E-state index contributed by atoms with van der Waals surface area (Å²) in [6.07, 6.45) is 0. The number of nitrogens with zero attached hydrogens (tertiary/aromatic N) is 1. The Labute approximate surface area is 138 Å². The zero-order valence-corrected chi connectivity index (χ0v) is 14.1. The minimum Gasteiger partial charge on any atom is -0.450 e. The van der Waals surface area contributed by atoms with Gasteiger partial charge in [-0.05, 0) is 41.8 Å².